The van der Waals surface area contributed by atoms with Crippen LogP contribution in [0, 0.1) is 28.6 Å². The minimum Gasteiger partial charge on any atom is -0.355 e. The van der Waals surface area contributed by atoms with Gasteiger partial charge in [-0.2, -0.15) is 0 Å². The molecule has 5 atom stereocenters. The zero-order valence-electron chi connectivity index (χ0n) is 13.5. The third kappa shape index (κ3) is 1.62. The van der Waals surface area contributed by atoms with Gasteiger partial charge in [0.25, 0.3) is 0 Å². The number of rotatable bonds is 0. The van der Waals surface area contributed by atoms with E-state index < -0.39 is 0 Å². The molecule has 0 unspecified atom stereocenters. The number of fused-ring (bicyclic) bond motifs is 5. The van der Waals surface area contributed by atoms with Gasteiger partial charge in [-0.1, -0.05) is 31.6 Å². The van der Waals surface area contributed by atoms with Gasteiger partial charge in [0.05, 0.1) is 5.41 Å². The lowest BCUT2D eigenvalue weighted by molar-refractivity contribution is -0.133. The first-order valence-corrected chi connectivity index (χ1v) is 8.62. The molecule has 4 aliphatic rings. The van der Waals surface area contributed by atoms with Gasteiger partial charge in [0, 0.05) is 6.54 Å². The van der Waals surface area contributed by atoms with Crippen molar-refractivity contribution in [3.8, 4) is 0 Å². The number of carbonyl (C=O) groups is 1. The topological polar surface area (TPSA) is 29.1 Å². The van der Waals surface area contributed by atoms with E-state index in [1.54, 1.807) is 11.1 Å². The monoisotopic (exact) mass is 285 g/mol. The quantitative estimate of drug-likeness (QED) is 0.720. The lowest BCUT2D eigenvalue weighted by atomic mass is 9.48. The van der Waals surface area contributed by atoms with Crippen LogP contribution in [0.15, 0.2) is 23.3 Å². The summed E-state index contributed by atoms with van der Waals surface area (Å²) < 4.78 is 0. The third-order valence-corrected chi connectivity index (χ3v) is 7.38. The Hall–Kier alpha value is -1.05. The Morgan fingerprint density at radius 2 is 2.00 bits per heavy atom. The van der Waals surface area contributed by atoms with Gasteiger partial charge in [0.2, 0.25) is 5.91 Å². The molecule has 2 fully saturated rings. The van der Waals surface area contributed by atoms with Gasteiger partial charge < -0.3 is 5.32 Å². The average molecular weight is 285 g/mol. The van der Waals surface area contributed by atoms with Crippen molar-refractivity contribution < 1.29 is 4.79 Å². The molecular weight excluding hydrogens is 258 g/mol. The average Bonchev–Trinajstić information content (AvgIpc) is 2.75. The van der Waals surface area contributed by atoms with E-state index in [1.807, 2.05) is 0 Å². The summed E-state index contributed by atoms with van der Waals surface area (Å²) in [6.07, 6.45) is 10.8. The van der Waals surface area contributed by atoms with E-state index in [0.29, 0.717) is 23.2 Å². The normalized spacial score (nSPS) is 48.5. The second-order valence-electron chi connectivity index (χ2n) is 8.30. The van der Waals surface area contributed by atoms with Crippen LogP contribution in [0.1, 0.15) is 52.9 Å². The number of amides is 1. The van der Waals surface area contributed by atoms with E-state index in [0.717, 1.165) is 18.9 Å². The molecule has 0 aromatic heterocycles. The van der Waals surface area contributed by atoms with E-state index in [-0.39, 0.29) is 5.41 Å². The van der Waals surface area contributed by atoms with Gasteiger partial charge in [-0.05, 0) is 67.8 Å². The Morgan fingerprint density at radius 1 is 1.19 bits per heavy atom. The molecule has 0 radical (unpaired) electrons. The van der Waals surface area contributed by atoms with Crippen LogP contribution in [0.4, 0.5) is 0 Å². The summed E-state index contributed by atoms with van der Waals surface area (Å²) in [7, 11) is 0. The summed E-state index contributed by atoms with van der Waals surface area (Å²) in [6, 6.07) is 0. The summed E-state index contributed by atoms with van der Waals surface area (Å²) in [5.74, 6) is 2.32. The third-order valence-electron chi connectivity index (χ3n) is 7.38. The zero-order chi connectivity index (χ0) is 14.8. The van der Waals surface area contributed by atoms with Crippen molar-refractivity contribution in [3.63, 3.8) is 0 Å². The minimum absolute atomic E-state index is 0.0974. The van der Waals surface area contributed by atoms with Gasteiger partial charge in [0.1, 0.15) is 0 Å². The largest absolute Gasteiger partial charge is 0.355 e. The van der Waals surface area contributed by atoms with Gasteiger partial charge in [-0.15, -0.1) is 0 Å². The highest BCUT2D eigenvalue weighted by Gasteiger charge is 2.58. The Bertz CT molecular complexity index is 560. The number of hydrogen-bond acceptors (Lipinski definition) is 1. The molecule has 4 rings (SSSR count). The molecule has 0 spiro atoms. The minimum atomic E-state index is -0.0974. The van der Waals surface area contributed by atoms with Crippen LogP contribution < -0.4 is 5.32 Å². The first kappa shape index (κ1) is 13.6. The van der Waals surface area contributed by atoms with Crippen LogP contribution in [0.3, 0.4) is 0 Å². The molecule has 0 aromatic carbocycles. The van der Waals surface area contributed by atoms with Crippen LogP contribution in [0.5, 0.6) is 0 Å². The van der Waals surface area contributed by atoms with Crippen molar-refractivity contribution >= 4 is 5.91 Å². The molecule has 3 aliphatic carbocycles. The summed E-state index contributed by atoms with van der Waals surface area (Å²) in [5, 5.41) is 3.17. The predicted octanol–water partition coefficient (Wildman–Crippen LogP) is 3.84. The second kappa shape index (κ2) is 4.24. The SMILES string of the molecule is CC1=C2C=CCC[C@]2(C)[C@H]2CC[C@]3(C)C(=O)NC[C@H]3[C@@H]2C1. The zero-order valence-corrected chi connectivity index (χ0v) is 13.5. The Balaban J connectivity index is 1.78. The molecule has 2 heteroatoms. The van der Waals surface area contributed by atoms with E-state index >= 15 is 0 Å². The molecule has 0 bridgehead atoms. The fourth-order valence-corrected chi connectivity index (χ4v) is 6.13. The van der Waals surface area contributed by atoms with Crippen molar-refractivity contribution in [3.05, 3.63) is 23.3 Å². The molecule has 114 valence electrons. The summed E-state index contributed by atoms with van der Waals surface area (Å²) in [5.41, 5.74) is 3.46. The highest BCUT2D eigenvalue weighted by molar-refractivity contribution is 5.85. The fraction of sp³-hybridized carbons (Fsp3) is 0.737. The molecule has 1 saturated heterocycles. The van der Waals surface area contributed by atoms with Crippen molar-refractivity contribution in [1.82, 2.24) is 5.32 Å². The molecule has 2 nitrogen and oxygen atoms in total. The van der Waals surface area contributed by atoms with Crippen LogP contribution in [0.25, 0.3) is 0 Å². The van der Waals surface area contributed by atoms with Crippen LogP contribution in [-0.2, 0) is 4.79 Å². The number of hydrogen-bond donors (Lipinski definition) is 1. The highest BCUT2D eigenvalue weighted by atomic mass is 16.2. The van der Waals surface area contributed by atoms with Gasteiger partial charge in [0.15, 0.2) is 0 Å². The summed E-state index contributed by atoms with van der Waals surface area (Å²) >= 11 is 0. The van der Waals surface area contributed by atoms with Crippen molar-refractivity contribution in [1.29, 1.82) is 0 Å². The van der Waals surface area contributed by atoms with Crippen LogP contribution in [0.2, 0.25) is 0 Å². The Morgan fingerprint density at radius 3 is 2.81 bits per heavy atom. The maximum Gasteiger partial charge on any atom is 0.226 e. The molecule has 0 aromatic rings. The van der Waals surface area contributed by atoms with Gasteiger partial charge in [-0.25, -0.2) is 0 Å². The molecule has 1 N–H and O–H groups in total. The number of nitrogens with one attached hydrogen (secondary N) is 1. The highest BCUT2D eigenvalue weighted by Crippen LogP contribution is 2.62. The van der Waals surface area contributed by atoms with Crippen molar-refractivity contribution in [2.75, 3.05) is 6.54 Å². The first-order chi connectivity index (χ1) is 9.97. The summed E-state index contributed by atoms with van der Waals surface area (Å²) in [6.45, 7) is 7.95. The Labute approximate surface area is 128 Å². The van der Waals surface area contributed by atoms with Crippen LogP contribution >= 0.6 is 0 Å². The smallest absolute Gasteiger partial charge is 0.226 e. The molecule has 21 heavy (non-hydrogen) atoms. The molecule has 1 amide bonds. The van der Waals surface area contributed by atoms with Gasteiger partial charge >= 0.3 is 0 Å². The lowest BCUT2D eigenvalue weighted by Crippen LogP contribution is -2.50. The lowest BCUT2D eigenvalue weighted by Gasteiger charge is -2.56. The van der Waals surface area contributed by atoms with E-state index in [2.05, 4.69) is 38.2 Å². The number of carbonyl (C=O) groups excluding carboxylic acids is 1. The van der Waals surface area contributed by atoms with Crippen molar-refractivity contribution in [2.45, 2.75) is 52.9 Å². The molecule has 1 heterocycles. The number of allylic oxidation sites excluding steroid dienone is 4. The fourth-order valence-electron chi connectivity index (χ4n) is 6.13. The molecule has 1 aliphatic heterocycles. The standard InChI is InChI=1S/C19H27NO/c1-12-10-13-15(18(2)8-5-4-6-14(12)18)7-9-19(3)16(13)11-20-17(19)21/h4,6,13,15-16H,5,7-11H2,1-3H3,(H,20,21)/t13-,15+,16+,18+,19+/m1/s1. The molecular formula is C19H27NO. The van der Waals surface area contributed by atoms with Crippen molar-refractivity contribution in [2.24, 2.45) is 28.6 Å². The second-order valence-corrected chi connectivity index (χ2v) is 8.30. The maximum atomic E-state index is 12.3. The summed E-state index contributed by atoms with van der Waals surface area (Å²) in [4.78, 5) is 12.3. The van der Waals surface area contributed by atoms with E-state index in [1.165, 1.54) is 25.7 Å². The van der Waals surface area contributed by atoms with Gasteiger partial charge in [-0.3, -0.25) is 4.79 Å². The Kier molecular flexibility index (Phi) is 2.75. The first-order valence-electron chi connectivity index (χ1n) is 8.62. The van der Waals surface area contributed by atoms with E-state index in [4.69, 9.17) is 0 Å². The van der Waals surface area contributed by atoms with E-state index in [9.17, 15) is 4.79 Å². The van der Waals surface area contributed by atoms with Crippen LogP contribution in [-0.4, -0.2) is 12.5 Å². The maximum absolute atomic E-state index is 12.3. The predicted molar refractivity (Wildman–Crippen MR) is 84.6 cm³/mol. The molecule has 1 saturated carbocycles.